The number of hydrogen-bond donors (Lipinski definition) is 0. The van der Waals surface area contributed by atoms with Gasteiger partial charge in [-0.05, 0) is 0 Å². The van der Waals surface area contributed by atoms with Crippen LogP contribution in [0.2, 0.25) is 40.3 Å². The summed E-state index contributed by atoms with van der Waals surface area (Å²) in [6.45, 7) is 0. The molecule has 0 aliphatic carbocycles. The molecular formula is C9H27Pb3Ru. The molecule has 0 heterocycles. The second kappa shape index (κ2) is 20.8. The molecular weight excluding hydrogens is 831 g/mol. The fourth-order valence-electron chi connectivity index (χ4n) is 0. The van der Waals surface area contributed by atoms with Crippen LogP contribution in [0.15, 0.2) is 0 Å². The average molecular weight is 858 g/mol. The summed E-state index contributed by atoms with van der Waals surface area (Å²) in [5, 5.41) is 0. The van der Waals surface area contributed by atoms with Crippen LogP contribution in [0.1, 0.15) is 0 Å². The van der Waals surface area contributed by atoms with Gasteiger partial charge in [-0.3, -0.25) is 0 Å². The average Bonchev–Trinajstić information content (AvgIpc) is 1.54. The van der Waals surface area contributed by atoms with Crippen molar-refractivity contribution in [2.75, 3.05) is 0 Å². The van der Waals surface area contributed by atoms with Crippen molar-refractivity contribution < 1.29 is 19.5 Å². The Morgan fingerprint density at radius 1 is 0.385 bits per heavy atom. The molecule has 0 bridgehead atoms. The minimum absolute atomic E-state index is 0. The first-order valence-electron chi connectivity index (χ1n) is 4.50. The summed E-state index contributed by atoms with van der Waals surface area (Å²) in [6.07, 6.45) is 0. The molecule has 0 aromatic heterocycles. The third-order valence-corrected chi connectivity index (χ3v) is 0. The monoisotopic (exact) mass is 861 g/mol. The van der Waals surface area contributed by atoms with E-state index in [-0.39, 0.29) is 19.5 Å². The molecule has 3 radical (unpaired) electrons. The summed E-state index contributed by atoms with van der Waals surface area (Å²) in [5.41, 5.74) is 0. The molecule has 13 heavy (non-hydrogen) atoms. The van der Waals surface area contributed by atoms with Gasteiger partial charge in [-0.15, -0.1) is 0 Å². The molecule has 0 saturated carbocycles. The molecule has 0 unspecified atom stereocenters. The van der Waals surface area contributed by atoms with Crippen molar-refractivity contribution in [1.29, 1.82) is 0 Å². The van der Waals surface area contributed by atoms with Gasteiger partial charge in [0.25, 0.3) is 0 Å². The summed E-state index contributed by atoms with van der Waals surface area (Å²) in [4.78, 5) is 0. The Hall–Kier alpha value is 3.39. The van der Waals surface area contributed by atoms with Crippen LogP contribution in [0.3, 0.4) is 0 Å². The van der Waals surface area contributed by atoms with Gasteiger partial charge in [0, 0.05) is 19.5 Å². The van der Waals surface area contributed by atoms with E-state index in [0.717, 1.165) is 0 Å². The third kappa shape index (κ3) is 240. The van der Waals surface area contributed by atoms with E-state index in [9.17, 15) is 0 Å². The first-order valence-corrected chi connectivity index (χ1v) is 39.5. The maximum Gasteiger partial charge on any atom is 0 e. The molecule has 0 aromatic carbocycles. The molecule has 83 valence electrons. The molecule has 4 heteroatoms. The molecule has 0 spiro atoms. The van der Waals surface area contributed by atoms with Gasteiger partial charge in [0.05, 0.1) is 0 Å². The molecule has 0 nitrogen and oxygen atoms in total. The van der Waals surface area contributed by atoms with Gasteiger partial charge in [0.2, 0.25) is 0 Å². The van der Waals surface area contributed by atoms with Gasteiger partial charge in [0.15, 0.2) is 0 Å². The van der Waals surface area contributed by atoms with Gasteiger partial charge in [-0.1, -0.05) is 0 Å². The van der Waals surface area contributed by atoms with Gasteiger partial charge in [-0.2, -0.15) is 0 Å². The van der Waals surface area contributed by atoms with Gasteiger partial charge >= 0.3 is 108 Å². The van der Waals surface area contributed by atoms with Crippen molar-refractivity contribution >= 4 is 68.1 Å². The Labute approximate surface area is 125 Å². The molecule has 0 aliphatic heterocycles. The van der Waals surface area contributed by atoms with Crippen LogP contribution >= 0.6 is 0 Å². The second-order valence-corrected chi connectivity index (χ2v) is 39.5. The number of rotatable bonds is 0. The Morgan fingerprint density at radius 3 is 0.385 bits per heavy atom. The molecule has 0 aliphatic rings. The van der Waals surface area contributed by atoms with Crippen LogP contribution in [0.4, 0.5) is 0 Å². The van der Waals surface area contributed by atoms with Crippen LogP contribution in [-0.4, -0.2) is 68.1 Å². The standard InChI is InChI=1S/9CH3.3Pb.Ru/h9*1H3;;;;. The fraction of sp³-hybridized carbons (Fsp3) is 1.00. The van der Waals surface area contributed by atoms with Gasteiger partial charge < -0.3 is 0 Å². The van der Waals surface area contributed by atoms with Crippen molar-refractivity contribution in [1.82, 2.24) is 0 Å². The summed E-state index contributed by atoms with van der Waals surface area (Å²) in [5.74, 6) is 0. The molecule has 0 N–H and O–H groups in total. The van der Waals surface area contributed by atoms with Crippen LogP contribution in [-0.2, 0) is 19.5 Å². The zero-order valence-corrected chi connectivity index (χ0v) is 24.3. The van der Waals surface area contributed by atoms with Crippen molar-refractivity contribution in [3.63, 3.8) is 0 Å². The third-order valence-electron chi connectivity index (χ3n) is 0. The van der Waals surface area contributed by atoms with Crippen LogP contribution in [0, 0.1) is 0 Å². The van der Waals surface area contributed by atoms with Gasteiger partial charge in [-0.25, -0.2) is 0 Å². The molecule has 0 rings (SSSR count). The molecule has 0 saturated heterocycles. The molecule has 0 amide bonds. The first-order chi connectivity index (χ1) is 5.20. The van der Waals surface area contributed by atoms with E-state index in [0.29, 0.717) is 0 Å². The second-order valence-electron chi connectivity index (χ2n) is 4.50. The Kier molecular flexibility index (Phi) is 40.4. The van der Waals surface area contributed by atoms with Crippen molar-refractivity contribution in [2.45, 2.75) is 40.3 Å². The van der Waals surface area contributed by atoms with Crippen molar-refractivity contribution in [2.24, 2.45) is 0 Å². The Morgan fingerprint density at radius 2 is 0.385 bits per heavy atom. The summed E-state index contributed by atoms with van der Waals surface area (Å²) >= 11 is -1.97. The van der Waals surface area contributed by atoms with Crippen molar-refractivity contribution in [3.8, 4) is 0 Å². The minimum Gasteiger partial charge on any atom is 0 e. The number of hydrogen-bond acceptors (Lipinski definition) is 0. The summed E-state index contributed by atoms with van der Waals surface area (Å²) < 4.78 is 21.4. The van der Waals surface area contributed by atoms with E-state index in [1.807, 2.05) is 0 Å². The largest absolute Gasteiger partial charge is 0 e. The zero-order valence-electron chi connectivity index (χ0n) is 10.9. The van der Waals surface area contributed by atoms with E-state index in [4.69, 9.17) is 0 Å². The van der Waals surface area contributed by atoms with Crippen LogP contribution < -0.4 is 0 Å². The topological polar surface area (TPSA) is 0 Å². The maximum atomic E-state index is 2.38. The Bertz CT molecular complexity index is 43.4. The van der Waals surface area contributed by atoms with E-state index in [2.05, 4.69) is 40.3 Å². The van der Waals surface area contributed by atoms with E-state index < -0.39 is 68.1 Å². The van der Waals surface area contributed by atoms with E-state index >= 15 is 0 Å². The minimum atomic E-state index is -0.657. The van der Waals surface area contributed by atoms with E-state index in [1.54, 1.807) is 0 Å². The Balaban J connectivity index is -0.0000000450. The summed E-state index contributed by atoms with van der Waals surface area (Å²) in [7, 11) is 0. The first kappa shape index (κ1) is 25.3. The quantitative estimate of drug-likeness (QED) is 0.323. The van der Waals surface area contributed by atoms with Crippen LogP contribution in [0.25, 0.3) is 0 Å². The van der Waals surface area contributed by atoms with Crippen molar-refractivity contribution in [3.05, 3.63) is 0 Å². The fourth-order valence-corrected chi connectivity index (χ4v) is 0. The van der Waals surface area contributed by atoms with Crippen LogP contribution in [0.5, 0.6) is 0 Å². The smallest absolute Gasteiger partial charge is 0 e. The molecule has 0 aromatic rings. The zero-order chi connectivity index (χ0) is 10.7. The normalized spacial score (nSPS) is 8.31. The summed E-state index contributed by atoms with van der Waals surface area (Å²) in [6, 6.07) is 0. The molecule has 0 atom stereocenters. The SMILES string of the molecule is [CH3][Pb]([CH3])[CH3].[CH3][Pb]([CH3])[CH3].[CH3][Pb]([CH3])[CH3].[Ru]. The van der Waals surface area contributed by atoms with E-state index in [1.165, 1.54) is 0 Å². The molecule has 0 fully saturated rings. The maximum absolute atomic E-state index is 2.38. The predicted molar refractivity (Wildman–Crippen MR) is 70.0 cm³/mol. The predicted octanol–water partition coefficient (Wildman–Crippen LogP) is 4.11. The van der Waals surface area contributed by atoms with Gasteiger partial charge in [0.1, 0.15) is 0 Å².